The quantitative estimate of drug-likeness (QED) is 0.639. The summed E-state index contributed by atoms with van der Waals surface area (Å²) in [5, 5.41) is 9.71. The van der Waals surface area contributed by atoms with Gasteiger partial charge >= 0.3 is 0 Å². The van der Waals surface area contributed by atoms with Crippen LogP contribution in [0, 0.1) is 11.5 Å². The summed E-state index contributed by atoms with van der Waals surface area (Å²) in [6.07, 6.45) is 1.70. The lowest BCUT2D eigenvalue weighted by Gasteiger charge is -2.06. The minimum absolute atomic E-state index is 0.0269. The highest BCUT2D eigenvalue weighted by Gasteiger charge is 2.09. The molecule has 0 atom stereocenters. The summed E-state index contributed by atoms with van der Waals surface area (Å²) in [5.74, 6) is 3.15. The van der Waals surface area contributed by atoms with E-state index in [2.05, 4.69) is 31.1 Å². The van der Waals surface area contributed by atoms with E-state index in [1.165, 1.54) is 0 Å². The average molecular weight is 265 g/mol. The van der Waals surface area contributed by atoms with Gasteiger partial charge in [-0.25, -0.2) is 0 Å². The maximum Gasteiger partial charge on any atom is 0.129 e. The summed E-state index contributed by atoms with van der Waals surface area (Å²) in [7, 11) is -1.43. The van der Waals surface area contributed by atoms with Crippen LogP contribution < -0.4 is 0 Å². The molecule has 0 spiro atoms. The molecule has 0 unspecified atom stereocenters. The van der Waals surface area contributed by atoms with Crippen molar-refractivity contribution in [2.75, 3.05) is 6.61 Å². The Morgan fingerprint density at radius 3 is 2.53 bits per heavy atom. The molecule has 1 N–H and O–H groups in total. The Kier molecular flexibility index (Phi) is 5.01. The summed E-state index contributed by atoms with van der Waals surface area (Å²) in [5.41, 5.74) is 4.97. The van der Waals surface area contributed by atoms with Gasteiger partial charge in [-0.2, -0.15) is 0 Å². The third kappa shape index (κ3) is 4.78. The maximum atomic E-state index is 9.04. The monoisotopic (exact) mass is 264 g/mol. The number of aliphatic hydroxyl groups is 1. The van der Waals surface area contributed by atoms with Crippen LogP contribution >= 0.6 is 11.6 Å². The second kappa shape index (κ2) is 6.06. The Morgan fingerprint density at radius 1 is 1.35 bits per heavy atom. The predicted octanol–water partition coefficient (Wildman–Crippen LogP) is 3.60. The molecular weight excluding hydrogens is 248 g/mol. The fourth-order valence-corrected chi connectivity index (χ4v) is 2.00. The molecule has 0 aromatic heterocycles. The molecule has 0 radical (unpaired) electrons. The maximum absolute atomic E-state index is 9.04. The largest absolute Gasteiger partial charge is 0.392 e. The number of aliphatic hydroxyl groups excluding tert-OH is 1. The molecule has 3 heteroatoms. The van der Waals surface area contributed by atoms with Gasteiger partial charge in [-0.05, 0) is 12.1 Å². The van der Waals surface area contributed by atoms with E-state index in [-0.39, 0.29) is 6.61 Å². The molecule has 0 aliphatic heterocycles. The molecule has 0 aliphatic rings. The van der Waals surface area contributed by atoms with Crippen LogP contribution in [0.25, 0.3) is 5.57 Å². The molecule has 0 aliphatic carbocycles. The fourth-order valence-electron chi connectivity index (χ4n) is 1.25. The van der Waals surface area contributed by atoms with Crippen LogP contribution in [0.15, 0.2) is 30.3 Å². The van der Waals surface area contributed by atoms with E-state index in [4.69, 9.17) is 16.7 Å². The lowest BCUT2D eigenvalue weighted by molar-refractivity contribution is 0.343. The first-order valence-corrected chi connectivity index (χ1v) is 9.41. The van der Waals surface area contributed by atoms with Gasteiger partial charge in [0.1, 0.15) is 8.07 Å². The third-order valence-electron chi connectivity index (χ3n) is 2.03. The Bertz CT molecular complexity index is 475. The van der Waals surface area contributed by atoms with Crippen LogP contribution in [0.1, 0.15) is 5.56 Å². The zero-order valence-corrected chi connectivity index (χ0v) is 12.2. The molecule has 1 nitrogen and oxygen atoms in total. The van der Waals surface area contributed by atoms with Gasteiger partial charge in [0.2, 0.25) is 0 Å². The van der Waals surface area contributed by atoms with Crippen molar-refractivity contribution in [3.8, 4) is 11.5 Å². The van der Waals surface area contributed by atoms with Gasteiger partial charge in [-0.3, -0.25) is 0 Å². The molecule has 0 heterocycles. The van der Waals surface area contributed by atoms with Gasteiger partial charge in [0.15, 0.2) is 0 Å². The van der Waals surface area contributed by atoms with Crippen molar-refractivity contribution >= 4 is 25.2 Å². The van der Waals surface area contributed by atoms with Crippen molar-refractivity contribution in [3.05, 3.63) is 40.9 Å². The number of benzene rings is 1. The number of rotatable bonds is 2. The van der Waals surface area contributed by atoms with E-state index >= 15 is 0 Å². The van der Waals surface area contributed by atoms with Crippen LogP contribution in [0.5, 0.6) is 0 Å². The van der Waals surface area contributed by atoms with Crippen molar-refractivity contribution in [1.29, 1.82) is 0 Å². The fraction of sp³-hybridized carbons (Fsp3) is 0.286. The van der Waals surface area contributed by atoms with Crippen molar-refractivity contribution in [3.63, 3.8) is 0 Å². The summed E-state index contributed by atoms with van der Waals surface area (Å²) in [4.78, 5) is 0. The minimum atomic E-state index is -1.43. The van der Waals surface area contributed by atoms with E-state index < -0.39 is 8.07 Å². The minimum Gasteiger partial charge on any atom is -0.392 e. The molecule has 0 fully saturated rings. The Labute approximate surface area is 109 Å². The van der Waals surface area contributed by atoms with Crippen molar-refractivity contribution in [2.24, 2.45) is 0 Å². The lowest BCUT2D eigenvalue weighted by atomic mass is 10.1. The zero-order valence-electron chi connectivity index (χ0n) is 10.4. The van der Waals surface area contributed by atoms with Crippen molar-refractivity contribution in [1.82, 2.24) is 0 Å². The summed E-state index contributed by atoms with van der Waals surface area (Å²) >= 11 is 6.13. The second-order valence-electron chi connectivity index (χ2n) is 4.78. The molecule has 1 aromatic rings. The van der Waals surface area contributed by atoms with E-state index in [1.54, 1.807) is 6.08 Å². The molecule has 0 saturated carbocycles. The van der Waals surface area contributed by atoms with Crippen LogP contribution in [-0.4, -0.2) is 19.8 Å². The summed E-state index contributed by atoms with van der Waals surface area (Å²) in [6, 6.07) is 7.55. The van der Waals surface area contributed by atoms with E-state index in [1.807, 2.05) is 24.3 Å². The van der Waals surface area contributed by atoms with Gasteiger partial charge in [-0.1, -0.05) is 55.4 Å². The van der Waals surface area contributed by atoms with Crippen LogP contribution in [0.4, 0.5) is 0 Å². The Morgan fingerprint density at radius 2 is 2.00 bits per heavy atom. The molecule has 1 aromatic carbocycles. The van der Waals surface area contributed by atoms with Gasteiger partial charge in [-0.15, -0.1) is 5.54 Å². The summed E-state index contributed by atoms with van der Waals surface area (Å²) in [6.45, 7) is 6.52. The molecular formula is C14H17ClOSi. The van der Waals surface area contributed by atoms with Gasteiger partial charge in [0.25, 0.3) is 0 Å². The molecule has 0 bridgehead atoms. The second-order valence-corrected chi connectivity index (χ2v) is 9.94. The number of hydrogen-bond donors (Lipinski definition) is 1. The van der Waals surface area contributed by atoms with Gasteiger partial charge in [0.05, 0.1) is 6.61 Å². The molecule has 0 amide bonds. The Hall–Kier alpha value is -1.01. The van der Waals surface area contributed by atoms with E-state index in [9.17, 15) is 0 Å². The van der Waals surface area contributed by atoms with Gasteiger partial charge < -0.3 is 5.11 Å². The average Bonchev–Trinajstić information content (AvgIpc) is 2.24. The molecule has 90 valence electrons. The van der Waals surface area contributed by atoms with Crippen LogP contribution in [0.2, 0.25) is 24.7 Å². The standard InChI is InChI=1S/C14H17ClOSi/c1-17(2,3)11-9-12(8-10-16)13-6-4-5-7-14(13)15/h4-8,16H,10H2,1-3H3. The highest BCUT2D eigenvalue weighted by molar-refractivity contribution is 6.84. The first-order valence-electron chi connectivity index (χ1n) is 5.53. The van der Waals surface area contributed by atoms with Crippen LogP contribution in [0.3, 0.4) is 0 Å². The third-order valence-corrected chi connectivity index (χ3v) is 3.24. The first-order chi connectivity index (χ1) is 7.94. The lowest BCUT2D eigenvalue weighted by Crippen LogP contribution is -2.16. The number of allylic oxidation sites excluding steroid dienone is 1. The predicted molar refractivity (Wildman–Crippen MR) is 77.6 cm³/mol. The number of hydrogen-bond acceptors (Lipinski definition) is 1. The van der Waals surface area contributed by atoms with E-state index in [0.29, 0.717) is 5.02 Å². The van der Waals surface area contributed by atoms with E-state index in [0.717, 1.165) is 11.1 Å². The highest BCUT2D eigenvalue weighted by atomic mass is 35.5. The highest BCUT2D eigenvalue weighted by Crippen LogP contribution is 2.23. The van der Waals surface area contributed by atoms with Crippen LogP contribution in [-0.2, 0) is 0 Å². The topological polar surface area (TPSA) is 20.2 Å². The first kappa shape index (κ1) is 14.0. The smallest absolute Gasteiger partial charge is 0.129 e. The molecule has 0 saturated heterocycles. The zero-order chi connectivity index (χ0) is 12.9. The Balaban J connectivity index is 3.16. The summed E-state index contributed by atoms with van der Waals surface area (Å²) < 4.78 is 0. The van der Waals surface area contributed by atoms with Crippen molar-refractivity contribution in [2.45, 2.75) is 19.6 Å². The SMILES string of the molecule is C[Si](C)(C)C#CC(=CCO)c1ccccc1Cl. The molecule has 17 heavy (non-hydrogen) atoms. The van der Waals surface area contributed by atoms with Gasteiger partial charge in [0, 0.05) is 16.2 Å². The number of halogens is 1. The van der Waals surface area contributed by atoms with Crippen molar-refractivity contribution < 1.29 is 5.11 Å². The molecule has 1 rings (SSSR count). The normalized spacial score (nSPS) is 11.9.